The zero-order chi connectivity index (χ0) is 10.9. The van der Waals surface area contributed by atoms with E-state index in [0.29, 0.717) is 5.56 Å². The highest BCUT2D eigenvalue weighted by atomic mass is 16.3. The van der Waals surface area contributed by atoms with Crippen LogP contribution in [0.25, 0.3) is 10.8 Å². The highest BCUT2D eigenvalue weighted by Gasteiger charge is 2.23. The molecule has 15 heavy (non-hydrogen) atoms. The van der Waals surface area contributed by atoms with Crippen LogP contribution in [0.15, 0.2) is 42.5 Å². The maximum atomic E-state index is 9.93. The summed E-state index contributed by atoms with van der Waals surface area (Å²) in [6.45, 7) is 1.51. The van der Waals surface area contributed by atoms with Gasteiger partial charge in [-0.05, 0) is 17.7 Å². The lowest BCUT2D eigenvalue weighted by molar-refractivity contribution is 0.121. The maximum Gasteiger partial charge on any atom is 0.174 e. The van der Waals surface area contributed by atoms with Crippen molar-refractivity contribution in [3.8, 4) is 6.07 Å². The minimum Gasteiger partial charge on any atom is -0.372 e. The summed E-state index contributed by atoms with van der Waals surface area (Å²) in [6, 6.07) is 15.2. The van der Waals surface area contributed by atoms with Crippen molar-refractivity contribution in [2.24, 2.45) is 0 Å². The number of benzene rings is 2. The maximum absolute atomic E-state index is 9.93. The van der Waals surface area contributed by atoms with Crippen LogP contribution in [0.1, 0.15) is 12.5 Å². The molecule has 0 aliphatic heterocycles. The molecule has 1 N–H and O–H groups in total. The average molecular weight is 197 g/mol. The second kappa shape index (κ2) is 3.38. The van der Waals surface area contributed by atoms with Gasteiger partial charge in [0.15, 0.2) is 5.60 Å². The van der Waals surface area contributed by atoms with E-state index in [2.05, 4.69) is 0 Å². The molecule has 0 fully saturated rings. The Balaban J connectivity index is 2.78. The molecule has 2 aromatic carbocycles. The lowest BCUT2D eigenvalue weighted by Gasteiger charge is -2.16. The topological polar surface area (TPSA) is 44.0 Å². The SMILES string of the molecule is CC(O)(C#N)c1cccc2ccccc12. The molecule has 0 saturated carbocycles. The van der Waals surface area contributed by atoms with Crippen molar-refractivity contribution >= 4 is 10.8 Å². The summed E-state index contributed by atoms with van der Waals surface area (Å²) in [5, 5.41) is 20.8. The fraction of sp³-hybridized carbons (Fsp3) is 0.154. The van der Waals surface area contributed by atoms with Gasteiger partial charge in [-0.2, -0.15) is 5.26 Å². The third kappa shape index (κ3) is 1.58. The van der Waals surface area contributed by atoms with Crippen molar-refractivity contribution in [2.75, 3.05) is 0 Å². The summed E-state index contributed by atoms with van der Waals surface area (Å²) in [5.41, 5.74) is -0.774. The van der Waals surface area contributed by atoms with Gasteiger partial charge in [0.1, 0.15) is 6.07 Å². The summed E-state index contributed by atoms with van der Waals surface area (Å²) in [4.78, 5) is 0. The predicted octanol–water partition coefficient (Wildman–Crippen LogP) is 2.57. The molecule has 2 heteroatoms. The Hall–Kier alpha value is -1.85. The van der Waals surface area contributed by atoms with E-state index in [-0.39, 0.29) is 0 Å². The molecular formula is C13H11NO. The lowest BCUT2D eigenvalue weighted by Crippen LogP contribution is -2.18. The Bertz CT molecular complexity index is 532. The zero-order valence-electron chi connectivity index (χ0n) is 8.44. The first-order valence-corrected chi connectivity index (χ1v) is 4.77. The van der Waals surface area contributed by atoms with Gasteiger partial charge in [-0.1, -0.05) is 42.5 Å². The second-order valence-electron chi connectivity index (χ2n) is 3.71. The van der Waals surface area contributed by atoms with Gasteiger partial charge in [0.05, 0.1) is 0 Å². The van der Waals surface area contributed by atoms with Crippen LogP contribution in [0.5, 0.6) is 0 Å². The summed E-state index contributed by atoms with van der Waals surface area (Å²) in [5.74, 6) is 0. The van der Waals surface area contributed by atoms with E-state index in [1.165, 1.54) is 6.92 Å². The molecule has 0 spiro atoms. The second-order valence-corrected chi connectivity index (χ2v) is 3.71. The average Bonchev–Trinajstić information content (AvgIpc) is 2.28. The van der Waals surface area contributed by atoms with Crippen LogP contribution in [0.4, 0.5) is 0 Å². The fourth-order valence-corrected chi connectivity index (χ4v) is 1.71. The first-order valence-electron chi connectivity index (χ1n) is 4.77. The van der Waals surface area contributed by atoms with E-state index in [1.807, 2.05) is 42.5 Å². The van der Waals surface area contributed by atoms with Crippen LogP contribution in [0.2, 0.25) is 0 Å². The van der Waals surface area contributed by atoms with Crippen LogP contribution in [0.3, 0.4) is 0 Å². The molecule has 1 atom stereocenters. The van der Waals surface area contributed by atoms with Crippen LogP contribution in [0, 0.1) is 11.3 Å². The molecule has 2 nitrogen and oxygen atoms in total. The summed E-state index contributed by atoms with van der Waals surface area (Å²) in [7, 11) is 0. The molecule has 2 rings (SSSR count). The molecule has 0 aliphatic carbocycles. The van der Waals surface area contributed by atoms with Gasteiger partial charge in [-0.25, -0.2) is 0 Å². The molecule has 0 bridgehead atoms. The summed E-state index contributed by atoms with van der Waals surface area (Å²) < 4.78 is 0. The van der Waals surface area contributed by atoms with E-state index < -0.39 is 5.60 Å². The quantitative estimate of drug-likeness (QED) is 0.714. The molecule has 74 valence electrons. The first kappa shape index (κ1) is 9.70. The number of nitriles is 1. The number of nitrogens with zero attached hydrogens (tertiary/aromatic N) is 1. The minimum absolute atomic E-state index is 0.656. The predicted molar refractivity (Wildman–Crippen MR) is 59.1 cm³/mol. The number of hydrogen-bond donors (Lipinski definition) is 1. The van der Waals surface area contributed by atoms with E-state index >= 15 is 0 Å². The van der Waals surface area contributed by atoms with Gasteiger partial charge in [-0.3, -0.25) is 0 Å². The molecule has 1 unspecified atom stereocenters. The number of aliphatic hydroxyl groups is 1. The molecule has 0 aliphatic rings. The Morgan fingerprint density at radius 3 is 2.53 bits per heavy atom. The van der Waals surface area contributed by atoms with Crippen molar-refractivity contribution in [3.63, 3.8) is 0 Å². The first-order chi connectivity index (χ1) is 7.15. The van der Waals surface area contributed by atoms with E-state index in [1.54, 1.807) is 6.07 Å². The molecule has 0 heterocycles. The third-order valence-electron chi connectivity index (χ3n) is 2.53. The molecule has 0 saturated heterocycles. The fourth-order valence-electron chi connectivity index (χ4n) is 1.71. The van der Waals surface area contributed by atoms with E-state index in [9.17, 15) is 5.11 Å². The monoisotopic (exact) mass is 197 g/mol. The largest absolute Gasteiger partial charge is 0.372 e. The van der Waals surface area contributed by atoms with Gasteiger partial charge in [0, 0.05) is 5.56 Å². The van der Waals surface area contributed by atoms with Gasteiger partial charge in [0.25, 0.3) is 0 Å². The summed E-state index contributed by atoms with van der Waals surface area (Å²) in [6.07, 6.45) is 0. The van der Waals surface area contributed by atoms with Gasteiger partial charge in [-0.15, -0.1) is 0 Å². The lowest BCUT2D eigenvalue weighted by atomic mass is 9.92. The van der Waals surface area contributed by atoms with Gasteiger partial charge >= 0.3 is 0 Å². The van der Waals surface area contributed by atoms with E-state index in [4.69, 9.17) is 5.26 Å². The Morgan fingerprint density at radius 2 is 1.80 bits per heavy atom. The van der Waals surface area contributed by atoms with Gasteiger partial charge in [0.2, 0.25) is 0 Å². The van der Waals surface area contributed by atoms with Crippen LogP contribution in [-0.4, -0.2) is 5.11 Å². The smallest absolute Gasteiger partial charge is 0.174 e. The van der Waals surface area contributed by atoms with Crippen molar-refractivity contribution in [1.29, 1.82) is 5.26 Å². The normalized spacial score (nSPS) is 14.5. The number of rotatable bonds is 1. The highest BCUT2D eigenvalue weighted by molar-refractivity contribution is 5.86. The number of fused-ring (bicyclic) bond motifs is 1. The molecule has 2 aromatic rings. The standard InChI is InChI=1S/C13H11NO/c1-13(15,9-14)12-8-4-6-10-5-2-3-7-11(10)12/h2-8,15H,1H3. The van der Waals surface area contributed by atoms with Crippen molar-refractivity contribution < 1.29 is 5.11 Å². The minimum atomic E-state index is -1.43. The van der Waals surface area contributed by atoms with E-state index in [0.717, 1.165) is 10.8 Å². The Morgan fingerprint density at radius 1 is 1.13 bits per heavy atom. The Kier molecular flexibility index (Phi) is 2.18. The van der Waals surface area contributed by atoms with Gasteiger partial charge < -0.3 is 5.11 Å². The Labute approximate surface area is 88.4 Å². The molecular weight excluding hydrogens is 186 g/mol. The highest BCUT2D eigenvalue weighted by Crippen LogP contribution is 2.27. The van der Waals surface area contributed by atoms with Crippen molar-refractivity contribution in [1.82, 2.24) is 0 Å². The van der Waals surface area contributed by atoms with Crippen molar-refractivity contribution in [2.45, 2.75) is 12.5 Å². The molecule has 0 amide bonds. The van der Waals surface area contributed by atoms with Crippen LogP contribution in [-0.2, 0) is 5.60 Å². The third-order valence-corrected chi connectivity index (χ3v) is 2.53. The zero-order valence-corrected chi connectivity index (χ0v) is 8.44. The molecule has 0 radical (unpaired) electrons. The summed E-state index contributed by atoms with van der Waals surface area (Å²) >= 11 is 0. The molecule has 0 aromatic heterocycles. The number of hydrogen-bond acceptors (Lipinski definition) is 2. The van der Waals surface area contributed by atoms with Crippen molar-refractivity contribution in [3.05, 3.63) is 48.0 Å². The van der Waals surface area contributed by atoms with Crippen LogP contribution < -0.4 is 0 Å². The van der Waals surface area contributed by atoms with Crippen LogP contribution >= 0.6 is 0 Å².